The number of nitrogens with zero attached hydrogens (tertiary/aromatic N) is 3. The number of rotatable bonds is 7. The molecule has 2 N–H and O–H groups in total. The molecule has 3 rings (SSSR count). The molecule has 6 nitrogen and oxygen atoms in total. The predicted molar refractivity (Wildman–Crippen MR) is 106 cm³/mol. The summed E-state index contributed by atoms with van der Waals surface area (Å²) in [6.07, 6.45) is 0.642. The molecule has 0 unspecified atom stereocenters. The fraction of sp³-hybridized carbons (Fsp3) is 0.286. The van der Waals surface area contributed by atoms with Crippen LogP contribution in [0.2, 0.25) is 0 Å². The summed E-state index contributed by atoms with van der Waals surface area (Å²) >= 11 is 0. The Labute approximate surface area is 167 Å². The topological polar surface area (TPSA) is 80.2 Å². The number of aliphatic hydroxyl groups is 1. The van der Waals surface area contributed by atoms with E-state index in [4.69, 9.17) is 4.74 Å². The fourth-order valence-electron chi connectivity index (χ4n) is 2.76. The fourth-order valence-corrected chi connectivity index (χ4v) is 2.76. The van der Waals surface area contributed by atoms with E-state index in [2.05, 4.69) is 20.3 Å². The first-order valence-corrected chi connectivity index (χ1v) is 9.07. The van der Waals surface area contributed by atoms with Crippen molar-refractivity contribution in [1.29, 1.82) is 0 Å². The summed E-state index contributed by atoms with van der Waals surface area (Å²) in [6.45, 7) is 3.52. The van der Waals surface area contributed by atoms with Crippen molar-refractivity contribution in [2.75, 3.05) is 19.0 Å². The molecule has 152 valence electrons. The molecule has 0 fully saturated rings. The molecule has 0 amide bonds. The van der Waals surface area contributed by atoms with Crippen LogP contribution >= 0.6 is 0 Å². The molecule has 0 saturated carbocycles. The van der Waals surface area contributed by atoms with Gasteiger partial charge in [-0.1, -0.05) is 12.1 Å². The van der Waals surface area contributed by atoms with Gasteiger partial charge in [-0.05, 0) is 56.2 Å². The number of benzene rings is 2. The summed E-state index contributed by atoms with van der Waals surface area (Å²) in [5.74, 6) is -0.215. The highest BCUT2D eigenvalue weighted by Crippen LogP contribution is 2.28. The number of nitrogens with one attached hydrogen (secondary N) is 1. The molecule has 3 aromatic rings. The van der Waals surface area contributed by atoms with Crippen LogP contribution in [0.1, 0.15) is 25.0 Å². The van der Waals surface area contributed by atoms with Crippen molar-refractivity contribution in [3.8, 4) is 17.4 Å². The van der Waals surface area contributed by atoms with Gasteiger partial charge in [0.25, 0.3) is 0 Å². The molecule has 0 saturated heterocycles. The second-order valence-electron chi connectivity index (χ2n) is 7.03. The Morgan fingerprint density at radius 3 is 2.41 bits per heavy atom. The van der Waals surface area contributed by atoms with Crippen LogP contribution in [0.15, 0.2) is 42.5 Å². The smallest absolute Gasteiger partial charge is 0.321 e. The lowest BCUT2D eigenvalue weighted by Crippen LogP contribution is -2.17. The zero-order valence-corrected chi connectivity index (χ0v) is 16.4. The van der Waals surface area contributed by atoms with Gasteiger partial charge in [-0.3, -0.25) is 0 Å². The molecule has 0 atom stereocenters. The molecular weight excluding hydrogens is 378 g/mol. The Bertz CT molecular complexity index is 989. The molecule has 0 bridgehead atoms. The molecule has 0 radical (unpaired) electrons. The number of aromatic nitrogens is 3. The second-order valence-corrected chi connectivity index (χ2v) is 7.03. The number of methoxy groups -OCH3 is 1. The Balaban J connectivity index is 1.83. The largest absolute Gasteiger partial charge is 0.467 e. The van der Waals surface area contributed by atoms with E-state index in [0.29, 0.717) is 24.5 Å². The van der Waals surface area contributed by atoms with Crippen LogP contribution in [-0.4, -0.2) is 33.7 Å². The maximum Gasteiger partial charge on any atom is 0.321 e. The molecule has 29 heavy (non-hydrogen) atoms. The first kappa shape index (κ1) is 20.6. The maximum absolute atomic E-state index is 14.1. The third kappa shape index (κ3) is 5.23. The average molecular weight is 400 g/mol. The van der Waals surface area contributed by atoms with Crippen LogP contribution in [-0.2, 0) is 12.0 Å². The summed E-state index contributed by atoms with van der Waals surface area (Å²) in [6, 6.07) is 10.7. The number of hydrogen-bond acceptors (Lipinski definition) is 6. The van der Waals surface area contributed by atoms with E-state index in [-0.39, 0.29) is 23.2 Å². The highest BCUT2D eigenvalue weighted by molar-refractivity contribution is 5.58. The van der Waals surface area contributed by atoms with Crippen LogP contribution in [0.5, 0.6) is 6.01 Å². The normalized spacial score (nSPS) is 11.4. The first-order chi connectivity index (χ1) is 13.8. The van der Waals surface area contributed by atoms with E-state index in [1.807, 2.05) is 0 Å². The lowest BCUT2D eigenvalue weighted by Gasteiger charge is -2.19. The second kappa shape index (κ2) is 8.48. The standard InChI is InChI=1S/C21H22F2N4O2/c1-21(2,28)16-12-14(6-9-17(16)23)18-25-19(27-20(26-18)29-3)24-11-10-13-4-7-15(22)8-5-13/h4-9,12,28H,10-11H2,1-3H3,(H,24,25,26,27). The van der Waals surface area contributed by atoms with Crippen molar-refractivity contribution in [2.45, 2.75) is 25.9 Å². The molecule has 8 heteroatoms. The summed E-state index contributed by atoms with van der Waals surface area (Å²) in [7, 11) is 1.44. The average Bonchev–Trinajstić information content (AvgIpc) is 2.68. The quantitative estimate of drug-likeness (QED) is 0.629. The minimum absolute atomic E-state index is 0.105. The van der Waals surface area contributed by atoms with Crippen molar-refractivity contribution in [1.82, 2.24) is 15.0 Å². The van der Waals surface area contributed by atoms with Crippen LogP contribution in [0.4, 0.5) is 14.7 Å². The predicted octanol–water partition coefficient (Wildman–Crippen LogP) is 3.71. The number of anilines is 1. The third-order valence-electron chi connectivity index (χ3n) is 4.29. The number of halogens is 2. The van der Waals surface area contributed by atoms with Gasteiger partial charge in [0.15, 0.2) is 5.82 Å². The van der Waals surface area contributed by atoms with Gasteiger partial charge in [-0.25, -0.2) is 8.78 Å². The highest BCUT2D eigenvalue weighted by atomic mass is 19.1. The molecule has 0 aliphatic carbocycles. The summed E-state index contributed by atoms with van der Waals surface area (Å²) in [5, 5.41) is 13.3. The third-order valence-corrected chi connectivity index (χ3v) is 4.29. The van der Waals surface area contributed by atoms with Gasteiger partial charge in [0.05, 0.1) is 12.7 Å². The van der Waals surface area contributed by atoms with Gasteiger partial charge in [0.2, 0.25) is 5.95 Å². The molecule has 0 spiro atoms. The van der Waals surface area contributed by atoms with E-state index in [0.717, 1.165) is 5.56 Å². The Morgan fingerprint density at radius 1 is 1.03 bits per heavy atom. The zero-order chi connectivity index (χ0) is 21.0. The van der Waals surface area contributed by atoms with E-state index in [9.17, 15) is 13.9 Å². The van der Waals surface area contributed by atoms with E-state index >= 15 is 0 Å². The minimum Gasteiger partial charge on any atom is -0.467 e. The first-order valence-electron chi connectivity index (χ1n) is 9.07. The number of hydrogen-bond donors (Lipinski definition) is 2. The molecule has 1 heterocycles. The van der Waals surface area contributed by atoms with E-state index in [1.54, 1.807) is 12.1 Å². The Morgan fingerprint density at radius 2 is 1.76 bits per heavy atom. The van der Waals surface area contributed by atoms with Crippen molar-refractivity contribution >= 4 is 5.95 Å². The van der Waals surface area contributed by atoms with Crippen LogP contribution in [0.25, 0.3) is 11.4 Å². The van der Waals surface area contributed by atoms with Crippen LogP contribution < -0.4 is 10.1 Å². The van der Waals surface area contributed by atoms with Gasteiger partial charge >= 0.3 is 6.01 Å². The SMILES string of the molecule is COc1nc(NCCc2ccc(F)cc2)nc(-c2ccc(F)c(C(C)(C)O)c2)n1. The van der Waals surface area contributed by atoms with Crippen LogP contribution in [0, 0.1) is 11.6 Å². The Kier molecular flexibility index (Phi) is 6.03. The molecule has 1 aromatic heterocycles. The lowest BCUT2D eigenvalue weighted by molar-refractivity contribution is 0.0746. The van der Waals surface area contributed by atoms with Gasteiger partial charge in [-0.15, -0.1) is 0 Å². The van der Waals surface area contributed by atoms with Gasteiger partial charge in [0, 0.05) is 17.7 Å². The summed E-state index contributed by atoms with van der Waals surface area (Å²) in [4.78, 5) is 12.8. The monoisotopic (exact) mass is 400 g/mol. The van der Waals surface area contributed by atoms with Crippen molar-refractivity contribution in [3.63, 3.8) is 0 Å². The molecule has 0 aliphatic rings. The lowest BCUT2D eigenvalue weighted by atomic mass is 9.95. The minimum atomic E-state index is -1.35. The van der Waals surface area contributed by atoms with Gasteiger partial charge in [-0.2, -0.15) is 15.0 Å². The molecular formula is C21H22F2N4O2. The van der Waals surface area contributed by atoms with E-state index in [1.165, 1.54) is 51.3 Å². The maximum atomic E-state index is 14.1. The Hall–Kier alpha value is -3.13. The van der Waals surface area contributed by atoms with E-state index < -0.39 is 11.4 Å². The zero-order valence-electron chi connectivity index (χ0n) is 16.4. The summed E-state index contributed by atoms with van der Waals surface area (Å²) in [5.41, 5.74) is 0.271. The van der Waals surface area contributed by atoms with Gasteiger partial charge < -0.3 is 15.2 Å². The van der Waals surface area contributed by atoms with Crippen LogP contribution in [0.3, 0.4) is 0 Å². The van der Waals surface area contributed by atoms with Crippen molar-refractivity contribution in [2.24, 2.45) is 0 Å². The molecule has 2 aromatic carbocycles. The molecule has 0 aliphatic heterocycles. The highest BCUT2D eigenvalue weighted by Gasteiger charge is 2.22. The van der Waals surface area contributed by atoms with Crippen molar-refractivity contribution in [3.05, 3.63) is 65.2 Å². The number of ether oxygens (including phenoxy) is 1. The van der Waals surface area contributed by atoms with Crippen molar-refractivity contribution < 1.29 is 18.6 Å². The van der Waals surface area contributed by atoms with Gasteiger partial charge in [0.1, 0.15) is 11.6 Å². The summed E-state index contributed by atoms with van der Waals surface area (Å²) < 4.78 is 32.2.